The first-order chi connectivity index (χ1) is 15.6. The molecule has 1 aliphatic rings. The second-order valence-electron chi connectivity index (χ2n) is 7.47. The van der Waals surface area contributed by atoms with Crippen molar-refractivity contribution in [2.75, 3.05) is 29.6 Å². The molecule has 0 fully saturated rings. The number of carbonyl (C=O) groups excluding carboxylic acids is 1. The predicted octanol–water partition coefficient (Wildman–Crippen LogP) is 5.51. The van der Waals surface area contributed by atoms with Gasteiger partial charge in [0, 0.05) is 40.8 Å². The van der Waals surface area contributed by atoms with Crippen LogP contribution in [-0.2, 0) is 4.79 Å². The number of aromatic nitrogens is 2. The highest BCUT2D eigenvalue weighted by atomic mass is 32.2. The number of ether oxygens (including phenoxy) is 1. The molecule has 32 heavy (non-hydrogen) atoms. The molecule has 0 aliphatic carbocycles. The van der Waals surface area contributed by atoms with Gasteiger partial charge in [-0.05, 0) is 42.5 Å². The van der Waals surface area contributed by atoms with Gasteiger partial charge in [-0.25, -0.2) is 9.97 Å². The molecule has 7 heteroatoms. The van der Waals surface area contributed by atoms with E-state index in [0.29, 0.717) is 18.2 Å². The van der Waals surface area contributed by atoms with E-state index in [9.17, 15) is 4.79 Å². The lowest BCUT2D eigenvalue weighted by atomic mass is 10.1. The summed E-state index contributed by atoms with van der Waals surface area (Å²) in [7, 11) is 1.64. The van der Waals surface area contributed by atoms with Crippen molar-refractivity contribution in [3.8, 4) is 17.1 Å². The largest absolute Gasteiger partial charge is 0.497 e. The maximum atomic E-state index is 12.1. The van der Waals surface area contributed by atoms with Crippen LogP contribution in [0, 0.1) is 0 Å². The fraction of sp³-hybridized carbons (Fsp3) is 0.160. The summed E-state index contributed by atoms with van der Waals surface area (Å²) in [6.07, 6.45) is 0. The van der Waals surface area contributed by atoms with Crippen LogP contribution in [0.1, 0.15) is 6.92 Å². The minimum absolute atomic E-state index is 0.0523. The standard InChI is InChI=1S/C25H22N4O2S/c1-16(30)29-12-13-32-23-11-10-18(15-22(23)29)26-25-20-8-3-4-9-21(20)27-24(28-25)17-6-5-7-19(14-17)31-2/h3-11,14-15H,12-13H2,1-2H3,(H,26,27,28). The summed E-state index contributed by atoms with van der Waals surface area (Å²) in [5.74, 6) is 3.04. The van der Waals surface area contributed by atoms with Crippen molar-refractivity contribution in [2.45, 2.75) is 11.8 Å². The molecule has 1 N–H and O–H groups in total. The fourth-order valence-electron chi connectivity index (χ4n) is 3.82. The fourth-order valence-corrected chi connectivity index (χ4v) is 4.80. The van der Waals surface area contributed by atoms with Crippen LogP contribution < -0.4 is 15.0 Å². The first kappa shape index (κ1) is 20.3. The lowest BCUT2D eigenvalue weighted by Crippen LogP contribution is -2.33. The number of anilines is 3. The van der Waals surface area contributed by atoms with Gasteiger partial charge < -0.3 is 15.0 Å². The summed E-state index contributed by atoms with van der Waals surface area (Å²) in [4.78, 5) is 24.7. The quantitative estimate of drug-likeness (QED) is 0.450. The van der Waals surface area contributed by atoms with Gasteiger partial charge in [-0.2, -0.15) is 0 Å². The van der Waals surface area contributed by atoms with Crippen molar-refractivity contribution in [1.29, 1.82) is 0 Å². The lowest BCUT2D eigenvalue weighted by molar-refractivity contribution is -0.116. The summed E-state index contributed by atoms with van der Waals surface area (Å²) >= 11 is 1.77. The summed E-state index contributed by atoms with van der Waals surface area (Å²) < 4.78 is 5.37. The molecule has 6 nitrogen and oxygen atoms in total. The number of benzene rings is 3. The Balaban J connectivity index is 1.58. The summed E-state index contributed by atoms with van der Waals surface area (Å²) in [6.45, 7) is 2.32. The maximum Gasteiger partial charge on any atom is 0.223 e. The number of nitrogens with zero attached hydrogens (tertiary/aromatic N) is 3. The van der Waals surface area contributed by atoms with Crippen LogP contribution in [0.15, 0.2) is 71.6 Å². The van der Waals surface area contributed by atoms with Gasteiger partial charge in [0.15, 0.2) is 5.82 Å². The normalized spacial score (nSPS) is 13.0. The van der Waals surface area contributed by atoms with Gasteiger partial charge >= 0.3 is 0 Å². The molecule has 0 radical (unpaired) electrons. The number of nitrogens with one attached hydrogen (secondary N) is 1. The molecule has 0 atom stereocenters. The number of hydrogen-bond donors (Lipinski definition) is 1. The summed E-state index contributed by atoms with van der Waals surface area (Å²) in [6, 6.07) is 21.7. The van der Waals surface area contributed by atoms with Gasteiger partial charge in [-0.3, -0.25) is 4.79 Å². The van der Waals surface area contributed by atoms with E-state index in [1.165, 1.54) is 0 Å². The first-order valence-electron chi connectivity index (χ1n) is 10.4. The molecule has 0 saturated heterocycles. The minimum Gasteiger partial charge on any atom is -0.497 e. The zero-order valence-electron chi connectivity index (χ0n) is 17.8. The highest BCUT2D eigenvalue weighted by Gasteiger charge is 2.21. The van der Waals surface area contributed by atoms with Crippen molar-refractivity contribution in [2.24, 2.45) is 0 Å². The third kappa shape index (κ3) is 3.87. The lowest BCUT2D eigenvalue weighted by Gasteiger charge is -2.28. The number of methoxy groups -OCH3 is 1. The summed E-state index contributed by atoms with van der Waals surface area (Å²) in [5, 5.41) is 4.39. The van der Waals surface area contributed by atoms with Gasteiger partial charge in [0.25, 0.3) is 0 Å². The number of rotatable bonds is 4. The molecule has 4 aromatic rings. The average molecular weight is 443 g/mol. The second kappa shape index (κ2) is 8.51. The molecule has 160 valence electrons. The van der Waals surface area contributed by atoms with E-state index < -0.39 is 0 Å². The van der Waals surface area contributed by atoms with Crippen LogP contribution in [-0.4, -0.2) is 35.3 Å². The van der Waals surface area contributed by atoms with Crippen molar-refractivity contribution in [3.63, 3.8) is 0 Å². The average Bonchev–Trinajstić information content (AvgIpc) is 2.83. The summed E-state index contributed by atoms with van der Waals surface area (Å²) in [5.41, 5.74) is 3.53. The molecular formula is C25H22N4O2S. The van der Waals surface area contributed by atoms with E-state index in [0.717, 1.165) is 44.2 Å². The topological polar surface area (TPSA) is 67.3 Å². The highest BCUT2D eigenvalue weighted by molar-refractivity contribution is 7.99. The smallest absolute Gasteiger partial charge is 0.223 e. The van der Waals surface area contributed by atoms with Crippen LogP contribution >= 0.6 is 11.8 Å². The molecular weight excluding hydrogens is 420 g/mol. The van der Waals surface area contributed by atoms with Gasteiger partial charge in [-0.15, -0.1) is 11.8 Å². The van der Waals surface area contributed by atoms with Gasteiger partial charge in [0.2, 0.25) is 5.91 Å². The molecule has 0 unspecified atom stereocenters. The Labute approximate surface area is 190 Å². The van der Waals surface area contributed by atoms with E-state index in [1.54, 1.807) is 25.8 Å². The molecule has 5 rings (SSSR count). The van der Waals surface area contributed by atoms with E-state index in [-0.39, 0.29) is 5.91 Å². The minimum atomic E-state index is 0.0523. The molecule has 1 amide bonds. The maximum absolute atomic E-state index is 12.1. The van der Waals surface area contributed by atoms with Crippen LogP contribution in [0.3, 0.4) is 0 Å². The van der Waals surface area contributed by atoms with E-state index in [2.05, 4.69) is 11.4 Å². The Kier molecular flexibility index (Phi) is 5.41. The van der Waals surface area contributed by atoms with Gasteiger partial charge in [0.05, 0.1) is 18.3 Å². The monoisotopic (exact) mass is 442 g/mol. The Hall–Kier alpha value is -3.58. The Morgan fingerprint density at radius 1 is 1.06 bits per heavy atom. The van der Waals surface area contributed by atoms with E-state index >= 15 is 0 Å². The van der Waals surface area contributed by atoms with Crippen LogP contribution in [0.2, 0.25) is 0 Å². The van der Waals surface area contributed by atoms with Crippen molar-refractivity contribution >= 4 is 45.8 Å². The zero-order chi connectivity index (χ0) is 22.1. The van der Waals surface area contributed by atoms with E-state index in [1.807, 2.05) is 65.6 Å². The number of fused-ring (bicyclic) bond motifs is 2. The molecule has 0 saturated carbocycles. The van der Waals surface area contributed by atoms with E-state index in [4.69, 9.17) is 14.7 Å². The molecule has 1 aliphatic heterocycles. The number of thioether (sulfide) groups is 1. The highest BCUT2D eigenvalue weighted by Crippen LogP contribution is 2.38. The number of carbonyl (C=O) groups is 1. The first-order valence-corrected chi connectivity index (χ1v) is 11.3. The Bertz CT molecular complexity index is 1320. The van der Waals surface area contributed by atoms with Gasteiger partial charge in [-0.1, -0.05) is 24.3 Å². The molecule has 1 aromatic heterocycles. The molecule has 0 spiro atoms. The third-order valence-corrected chi connectivity index (χ3v) is 6.44. The molecule has 3 aromatic carbocycles. The number of amides is 1. The molecule has 0 bridgehead atoms. The SMILES string of the molecule is COc1cccc(-c2nc(Nc3ccc4c(c3)N(C(C)=O)CCS4)c3ccccc3n2)c1. The van der Waals surface area contributed by atoms with Crippen LogP contribution in [0.4, 0.5) is 17.2 Å². The van der Waals surface area contributed by atoms with Crippen LogP contribution in [0.25, 0.3) is 22.3 Å². The van der Waals surface area contributed by atoms with Crippen molar-refractivity contribution in [1.82, 2.24) is 9.97 Å². The van der Waals surface area contributed by atoms with Crippen molar-refractivity contribution < 1.29 is 9.53 Å². The predicted molar refractivity (Wildman–Crippen MR) is 130 cm³/mol. The number of para-hydroxylation sites is 1. The second-order valence-corrected chi connectivity index (χ2v) is 8.61. The van der Waals surface area contributed by atoms with Gasteiger partial charge in [0.1, 0.15) is 11.6 Å². The zero-order valence-corrected chi connectivity index (χ0v) is 18.6. The number of hydrogen-bond acceptors (Lipinski definition) is 6. The van der Waals surface area contributed by atoms with Crippen LogP contribution in [0.5, 0.6) is 5.75 Å². The van der Waals surface area contributed by atoms with Crippen molar-refractivity contribution in [3.05, 3.63) is 66.7 Å². The third-order valence-electron chi connectivity index (χ3n) is 5.40. The molecule has 2 heterocycles. The Morgan fingerprint density at radius 2 is 1.94 bits per heavy atom. The Morgan fingerprint density at radius 3 is 2.78 bits per heavy atom.